The highest BCUT2D eigenvalue weighted by Gasteiger charge is 2.44. The van der Waals surface area contributed by atoms with Gasteiger partial charge in [0.2, 0.25) is 0 Å². The van der Waals surface area contributed by atoms with Gasteiger partial charge in [-0.2, -0.15) is 0 Å². The summed E-state index contributed by atoms with van der Waals surface area (Å²) in [7, 11) is 0. The fourth-order valence-electron chi connectivity index (χ4n) is 4.46. The summed E-state index contributed by atoms with van der Waals surface area (Å²) in [6.07, 6.45) is 2.04. The summed E-state index contributed by atoms with van der Waals surface area (Å²) in [5, 5.41) is 3.86. The Balaban J connectivity index is 1.43. The van der Waals surface area contributed by atoms with Gasteiger partial charge in [-0.15, -0.1) is 11.3 Å². The first-order valence-corrected chi connectivity index (χ1v) is 10.7. The fraction of sp³-hybridized carbons (Fsp3) is 0.333. The van der Waals surface area contributed by atoms with E-state index in [0.717, 1.165) is 41.1 Å². The first kappa shape index (κ1) is 17.9. The van der Waals surface area contributed by atoms with Gasteiger partial charge in [-0.1, -0.05) is 23.7 Å². The number of rotatable bonds is 4. The number of fused-ring (bicyclic) bond motifs is 3. The molecule has 4 heterocycles. The van der Waals surface area contributed by atoms with E-state index in [1.165, 1.54) is 5.56 Å². The molecule has 0 radical (unpaired) electrons. The monoisotopic (exact) mass is 412 g/mol. The van der Waals surface area contributed by atoms with Gasteiger partial charge in [-0.3, -0.25) is 9.69 Å². The zero-order chi connectivity index (χ0) is 19.3. The van der Waals surface area contributed by atoms with Gasteiger partial charge in [0.15, 0.2) is 0 Å². The van der Waals surface area contributed by atoms with E-state index in [1.807, 2.05) is 48.4 Å². The van der Waals surface area contributed by atoms with Crippen LogP contribution in [0.4, 0.5) is 0 Å². The van der Waals surface area contributed by atoms with Crippen LogP contribution in [0.3, 0.4) is 0 Å². The molecule has 0 unspecified atom stereocenters. The Hall–Kier alpha value is -2.15. The fourth-order valence-corrected chi connectivity index (χ4v) is 5.27. The van der Waals surface area contributed by atoms with Crippen LogP contribution in [0.25, 0.3) is 0 Å². The molecule has 2 aliphatic rings. The molecule has 0 bridgehead atoms. The predicted molar refractivity (Wildman–Crippen MR) is 111 cm³/mol. The number of halogens is 1. The molecule has 0 saturated carbocycles. The van der Waals surface area contributed by atoms with E-state index < -0.39 is 0 Å². The third-order valence-electron chi connectivity index (χ3n) is 5.65. The number of carbonyl (C=O) groups is 1. The lowest BCUT2D eigenvalue weighted by Gasteiger charge is -2.38. The minimum Gasteiger partial charge on any atom is -0.337 e. The zero-order valence-corrected chi connectivity index (χ0v) is 17.2. The summed E-state index contributed by atoms with van der Waals surface area (Å²) < 4.78 is 2.16. The topological polar surface area (TPSA) is 41.4 Å². The number of hydrogen-bond donors (Lipinski definition) is 0. The number of aromatic nitrogens is 2. The molecule has 3 aromatic rings. The van der Waals surface area contributed by atoms with Gasteiger partial charge in [0.25, 0.3) is 5.91 Å². The van der Waals surface area contributed by atoms with Crippen LogP contribution >= 0.6 is 22.9 Å². The Kier molecular flexibility index (Phi) is 4.50. The van der Waals surface area contributed by atoms with Crippen LogP contribution in [-0.2, 0) is 13.1 Å². The van der Waals surface area contributed by atoms with E-state index >= 15 is 0 Å². The van der Waals surface area contributed by atoms with E-state index in [0.29, 0.717) is 6.54 Å². The molecule has 5 nitrogen and oxygen atoms in total. The summed E-state index contributed by atoms with van der Waals surface area (Å²) in [4.78, 5) is 22.2. The van der Waals surface area contributed by atoms with Crippen molar-refractivity contribution in [2.45, 2.75) is 32.1 Å². The van der Waals surface area contributed by atoms with Crippen molar-refractivity contribution in [2.75, 3.05) is 13.1 Å². The van der Waals surface area contributed by atoms with Gasteiger partial charge in [0.05, 0.1) is 29.3 Å². The predicted octanol–water partition coefficient (Wildman–Crippen LogP) is 3.99. The van der Waals surface area contributed by atoms with Crippen molar-refractivity contribution in [3.63, 3.8) is 0 Å². The van der Waals surface area contributed by atoms with Crippen LogP contribution in [0.1, 0.15) is 32.8 Å². The second-order valence-corrected chi connectivity index (χ2v) is 9.05. The number of nitrogens with zero attached hydrogens (tertiary/aromatic N) is 4. The summed E-state index contributed by atoms with van der Waals surface area (Å²) in [6.45, 7) is 5.17. The number of benzene rings is 1. The van der Waals surface area contributed by atoms with Crippen LogP contribution < -0.4 is 0 Å². The lowest BCUT2D eigenvalue weighted by Crippen LogP contribution is -2.49. The van der Waals surface area contributed by atoms with Gasteiger partial charge < -0.3 is 9.47 Å². The van der Waals surface area contributed by atoms with E-state index in [-0.39, 0.29) is 18.0 Å². The van der Waals surface area contributed by atoms with Crippen molar-refractivity contribution in [3.05, 3.63) is 75.0 Å². The second kappa shape index (κ2) is 7.03. The largest absolute Gasteiger partial charge is 0.337 e. The van der Waals surface area contributed by atoms with Gasteiger partial charge in [-0.25, -0.2) is 4.98 Å². The first-order valence-electron chi connectivity index (χ1n) is 9.44. The first-order chi connectivity index (χ1) is 13.6. The molecule has 1 aromatic carbocycles. The maximum atomic E-state index is 13.2. The highest BCUT2D eigenvalue weighted by Crippen LogP contribution is 2.35. The van der Waals surface area contributed by atoms with E-state index in [2.05, 4.69) is 25.9 Å². The lowest BCUT2D eigenvalue weighted by atomic mass is 10.1. The number of amides is 1. The second-order valence-electron chi connectivity index (χ2n) is 7.55. The Morgan fingerprint density at radius 1 is 1.18 bits per heavy atom. The van der Waals surface area contributed by atoms with Gasteiger partial charge in [-0.05, 0) is 36.8 Å². The van der Waals surface area contributed by atoms with Gasteiger partial charge in [0, 0.05) is 36.2 Å². The Morgan fingerprint density at radius 2 is 2.04 bits per heavy atom. The highest BCUT2D eigenvalue weighted by molar-refractivity contribution is 7.09. The molecule has 1 amide bonds. The standard InChI is InChI=1S/C21H21ClN4OS/c1-14-23-17(13-28-14)10-26-20-12-24(9-15-4-2-5-16(22)8-15)11-19(20)25-7-3-6-18(25)21(26)27/h2-8,13,19-20H,9-12H2,1H3/t19-,20-/m1/s1. The number of thiazole rings is 1. The molecule has 7 heteroatoms. The number of hydrogen-bond acceptors (Lipinski definition) is 4. The maximum absolute atomic E-state index is 13.2. The number of likely N-dealkylation sites (tertiary alicyclic amines) is 1. The zero-order valence-electron chi connectivity index (χ0n) is 15.6. The average molecular weight is 413 g/mol. The normalized spacial score (nSPS) is 21.8. The minimum atomic E-state index is 0.0986. The van der Waals surface area contributed by atoms with Crippen LogP contribution in [0.2, 0.25) is 5.02 Å². The van der Waals surface area contributed by atoms with Gasteiger partial charge >= 0.3 is 0 Å². The Morgan fingerprint density at radius 3 is 2.82 bits per heavy atom. The van der Waals surface area contributed by atoms with Crippen LogP contribution in [-0.4, -0.2) is 44.4 Å². The summed E-state index contributed by atoms with van der Waals surface area (Å²) in [5.74, 6) is 0.0986. The molecule has 1 fully saturated rings. The SMILES string of the molecule is Cc1nc(CN2C(=O)c3cccn3[C@@H]3CN(Cc4cccc(Cl)c4)C[C@H]32)cs1. The molecule has 28 heavy (non-hydrogen) atoms. The van der Waals surface area contributed by atoms with Crippen LogP contribution in [0, 0.1) is 6.92 Å². The van der Waals surface area contributed by atoms with E-state index in [4.69, 9.17) is 11.6 Å². The van der Waals surface area contributed by atoms with Crippen molar-refractivity contribution in [3.8, 4) is 0 Å². The molecule has 0 aliphatic carbocycles. The van der Waals surface area contributed by atoms with E-state index in [9.17, 15) is 4.79 Å². The summed E-state index contributed by atoms with van der Waals surface area (Å²) >= 11 is 7.79. The van der Waals surface area contributed by atoms with E-state index in [1.54, 1.807) is 11.3 Å². The van der Waals surface area contributed by atoms with Crippen molar-refractivity contribution in [1.29, 1.82) is 0 Å². The molecule has 0 N–H and O–H groups in total. The smallest absolute Gasteiger partial charge is 0.271 e. The molecule has 144 valence electrons. The molecule has 2 aliphatic heterocycles. The van der Waals surface area contributed by atoms with Crippen molar-refractivity contribution >= 4 is 28.8 Å². The summed E-state index contributed by atoms with van der Waals surface area (Å²) in [6, 6.07) is 12.3. The van der Waals surface area contributed by atoms with Crippen LogP contribution in [0.15, 0.2) is 48.0 Å². The third-order valence-corrected chi connectivity index (χ3v) is 6.70. The molecule has 5 rings (SSSR count). The Bertz CT molecular complexity index is 1030. The molecular formula is C21H21ClN4OS. The highest BCUT2D eigenvalue weighted by atomic mass is 35.5. The molecule has 0 spiro atoms. The van der Waals surface area contributed by atoms with Gasteiger partial charge in [0.1, 0.15) is 5.69 Å². The van der Waals surface area contributed by atoms with Crippen molar-refractivity contribution in [2.24, 2.45) is 0 Å². The minimum absolute atomic E-state index is 0.0986. The summed E-state index contributed by atoms with van der Waals surface area (Å²) in [5.41, 5.74) is 2.95. The van der Waals surface area contributed by atoms with Crippen molar-refractivity contribution in [1.82, 2.24) is 19.4 Å². The molecular weight excluding hydrogens is 392 g/mol. The lowest BCUT2D eigenvalue weighted by molar-refractivity contribution is 0.0553. The quantitative estimate of drug-likeness (QED) is 0.650. The molecule has 1 saturated heterocycles. The molecule has 2 aromatic heterocycles. The maximum Gasteiger partial charge on any atom is 0.271 e. The average Bonchev–Trinajstić information content (AvgIpc) is 3.38. The number of aryl methyl sites for hydroxylation is 1. The molecule has 2 atom stereocenters. The Labute approximate surface area is 173 Å². The number of carbonyl (C=O) groups excluding carboxylic acids is 1. The van der Waals surface area contributed by atoms with Crippen LogP contribution in [0.5, 0.6) is 0 Å². The third kappa shape index (κ3) is 3.15. The van der Waals surface area contributed by atoms with Crippen molar-refractivity contribution < 1.29 is 4.79 Å².